The van der Waals surface area contributed by atoms with Crippen LogP contribution in [0.25, 0.3) is 28.1 Å². The van der Waals surface area contributed by atoms with E-state index in [0.29, 0.717) is 44.0 Å². The quantitative estimate of drug-likeness (QED) is 0.413. The third kappa shape index (κ3) is 4.19. The summed E-state index contributed by atoms with van der Waals surface area (Å²) in [6.45, 7) is 9.75. The molecule has 0 radical (unpaired) electrons. The Kier molecular flexibility index (Phi) is 6.27. The second-order valence-corrected chi connectivity index (χ2v) is 10.6. The van der Waals surface area contributed by atoms with Gasteiger partial charge in [-0.3, -0.25) is 9.36 Å². The molecular weight excluding hydrogens is 484 g/mol. The first kappa shape index (κ1) is 24.7. The summed E-state index contributed by atoms with van der Waals surface area (Å²) in [4.78, 5) is 36.2. The topological polar surface area (TPSA) is 114 Å². The van der Waals surface area contributed by atoms with Crippen LogP contribution in [-0.2, 0) is 23.0 Å². The first-order valence-electron chi connectivity index (χ1n) is 13.3. The molecule has 0 spiro atoms. The fourth-order valence-electron chi connectivity index (χ4n) is 5.40. The Hall–Kier alpha value is -3.57. The molecule has 2 fully saturated rings. The molecule has 3 aromatic heterocycles. The highest BCUT2D eigenvalue weighted by molar-refractivity contribution is 5.86. The van der Waals surface area contributed by atoms with E-state index in [-0.39, 0.29) is 11.8 Å². The Labute approximate surface area is 221 Å². The smallest absolute Gasteiger partial charge is 0.239 e. The van der Waals surface area contributed by atoms with Crippen LogP contribution in [0.15, 0.2) is 24.3 Å². The molecule has 0 bridgehead atoms. The monoisotopic (exact) mass is 518 g/mol. The van der Waals surface area contributed by atoms with E-state index in [4.69, 9.17) is 19.7 Å². The van der Waals surface area contributed by atoms with Gasteiger partial charge in [-0.25, -0.2) is 9.97 Å². The average molecular weight is 519 g/mol. The van der Waals surface area contributed by atoms with E-state index in [0.717, 1.165) is 53.3 Å². The fraction of sp³-hybridized carbons (Fsp3) is 0.519. The molecule has 4 aromatic rings. The van der Waals surface area contributed by atoms with E-state index >= 15 is 0 Å². The maximum Gasteiger partial charge on any atom is 0.239 e. The SMILES string of the molecule is CC(C)C(=O)N1CC(Cc2nc3c(N4CCOCC4)nc(-n4c(C(C)O)nc5ccccc54)nc3n2C)C1. The number of carbonyl (C=O) groups is 1. The number of imidazole rings is 2. The molecule has 2 saturated heterocycles. The molecule has 1 N–H and O–H groups in total. The third-order valence-electron chi connectivity index (χ3n) is 7.49. The Morgan fingerprint density at radius 1 is 1.08 bits per heavy atom. The molecule has 0 saturated carbocycles. The van der Waals surface area contributed by atoms with Gasteiger partial charge in [0.1, 0.15) is 17.8 Å². The Morgan fingerprint density at radius 3 is 2.53 bits per heavy atom. The molecule has 1 unspecified atom stereocenters. The number of aliphatic hydroxyl groups excluding tert-OH is 1. The molecule has 11 heteroatoms. The molecule has 1 atom stereocenters. The number of benzene rings is 1. The van der Waals surface area contributed by atoms with Crippen molar-refractivity contribution in [3.8, 4) is 5.95 Å². The number of rotatable bonds is 6. The molecule has 11 nitrogen and oxygen atoms in total. The highest BCUT2D eigenvalue weighted by Crippen LogP contribution is 2.31. The van der Waals surface area contributed by atoms with Crippen LogP contribution in [0.5, 0.6) is 0 Å². The van der Waals surface area contributed by atoms with Gasteiger partial charge in [0.25, 0.3) is 0 Å². The van der Waals surface area contributed by atoms with Crippen LogP contribution >= 0.6 is 0 Å². The number of morpholine rings is 1. The number of anilines is 1. The molecule has 0 aliphatic carbocycles. The van der Waals surface area contributed by atoms with E-state index < -0.39 is 6.10 Å². The van der Waals surface area contributed by atoms with Gasteiger partial charge in [0, 0.05) is 51.5 Å². The number of hydrogen-bond acceptors (Lipinski definition) is 8. The zero-order chi connectivity index (χ0) is 26.6. The van der Waals surface area contributed by atoms with Crippen molar-refractivity contribution in [1.29, 1.82) is 0 Å². The summed E-state index contributed by atoms with van der Waals surface area (Å²) in [5.74, 6) is 3.22. The zero-order valence-corrected chi connectivity index (χ0v) is 22.3. The van der Waals surface area contributed by atoms with Gasteiger partial charge < -0.3 is 24.2 Å². The number of para-hydroxylation sites is 2. The molecule has 200 valence electrons. The van der Waals surface area contributed by atoms with Crippen molar-refractivity contribution in [3.63, 3.8) is 0 Å². The third-order valence-corrected chi connectivity index (χ3v) is 7.49. The first-order chi connectivity index (χ1) is 18.3. The summed E-state index contributed by atoms with van der Waals surface area (Å²) < 4.78 is 9.49. The van der Waals surface area contributed by atoms with Crippen molar-refractivity contribution in [2.45, 2.75) is 33.3 Å². The van der Waals surface area contributed by atoms with Crippen LogP contribution in [0.4, 0.5) is 5.82 Å². The second-order valence-electron chi connectivity index (χ2n) is 10.6. The molecular formula is C27H34N8O3. The minimum absolute atomic E-state index is 0.0160. The largest absolute Gasteiger partial charge is 0.385 e. The maximum atomic E-state index is 12.3. The minimum Gasteiger partial charge on any atom is -0.385 e. The predicted octanol–water partition coefficient (Wildman–Crippen LogP) is 2.25. The van der Waals surface area contributed by atoms with Crippen LogP contribution in [0.3, 0.4) is 0 Å². The Morgan fingerprint density at radius 2 is 1.82 bits per heavy atom. The van der Waals surface area contributed by atoms with Crippen LogP contribution < -0.4 is 4.90 Å². The number of aromatic nitrogens is 6. The zero-order valence-electron chi connectivity index (χ0n) is 22.3. The van der Waals surface area contributed by atoms with E-state index in [9.17, 15) is 9.90 Å². The summed E-state index contributed by atoms with van der Waals surface area (Å²) >= 11 is 0. The van der Waals surface area contributed by atoms with Gasteiger partial charge in [-0.05, 0) is 19.1 Å². The number of hydrogen-bond donors (Lipinski definition) is 1. The highest BCUT2D eigenvalue weighted by atomic mass is 16.5. The van der Waals surface area contributed by atoms with Gasteiger partial charge in [0.05, 0.1) is 24.2 Å². The maximum absolute atomic E-state index is 12.3. The highest BCUT2D eigenvalue weighted by Gasteiger charge is 2.33. The Bertz CT molecular complexity index is 1500. The van der Waals surface area contributed by atoms with Crippen LogP contribution in [-0.4, -0.2) is 84.4 Å². The lowest BCUT2D eigenvalue weighted by Gasteiger charge is -2.40. The van der Waals surface area contributed by atoms with Gasteiger partial charge in [-0.2, -0.15) is 9.97 Å². The summed E-state index contributed by atoms with van der Waals surface area (Å²) in [5.41, 5.74) is 3.10. The van der Waals surface area contributed by atoms with Crippen molar-refractivity contribution in [3.05, 3.63) is 35.9 Å². The van der Waals surface area contributed by atoms with Gasteiger partial charge >= 0.3 is 0 Å². The number of amides is 1. The number of ether oxygens (including phenoxy) is 1. The normalized spacial score (nSPS) is 17.5. The number of aryl methyl sites for hydroxylation is 1. The number of likely N-dealkylation sites (tertiary alicyclic amines) is 1. The van der Waals surface area contributed by atoms with Crippen molar-refractivity contribution in [1.82, 2.24) is 34.0 Å². The lowest BCUT2D eigenvalue weighted by atomic mass is 9.94. The first-order valence-corrected chi connectivity index (χ1v) is 13.3. The van der Waals surface area contributed by atoms with E-state index in [2.05, 4.69) is 9.88 Å². The van der Waals surface area contributed by atoms with Gasteiger partial charge in [0.2, 0.25) is 11.9 Å². The molecule has 38 heavy (non-hydrogen) atoms. The summed E-state index contributed by atoms with van der Waals surface area (Å²) in [7, 11) is 1.99. The molecule has 2 aliphatic heterocycles. The van der Waals surface area contributed by atoms with Crippen LogP contribution in [0, 0.1) is 11.8 Å². The lowest BCUT2D eigenvalue weighted by molar-refractivity contribution is -0.140. The van der Waals surface area contributed by atoms with Crippen LogP contribution in [0.2, 0.25) is 0 Å². The van der Waals surface area contributed by atoms with Crippen molar-refractivity contribution in [2.75, 3.05) is 44.3 Å². The van der Waals surface area contributed by atoms with E-state index in [1.165, 1.54) is 0 Å². The summed E-state index contributed by atoms with van der Waals surface area (Å²) in [6.07, 6.45) is -0.0368. The summed E-state index contributed by atoms with van der Waals surface area (Å²) in [6, 6.07) is 7.76. The van der Waals surface area contributed by atoms with Crippen molar-refractivity contribution >= 4 is 33.9 Å². The van der Waals surface area contributed by atoms with E-state index in [1.54, 1.807) is 6.92 Å². The summed E-state index contributed by atoms with van der Waals surface area (Å²) in [5, 5.41) is 10.6. The fourth-order valence-corrected chi connectivity index (χ4v) is 5.40. The molecule has 6 rings (SSSR count). The molecule has 2 aliphatic rings. The predicted molar refractivity (Wildman–Crippen MR) is 143 cm³/mol. The van der Waals surface area contributed by atoms with E-state index in [1.807, 2.05) is 59.2 Å². The van der Waals surface area contributed by atoms with Crippen molar-refractivity contribution < 1.29 is 14.6 Å². The molecule has 1 amide bonds. The lowest BCUT2D eigenvalue weighted by Crippen LogP contribution is -2.52. The standard InChI is InChI=1S/C27H34N8O3/c1-16(2)26(37)34-14-18(15-34)13-21-29-22-24(32(21)4)30-27(31-25(22)33-9-11-38-12-10-33)35-20-8-6-5-7-19(20)28-23(35)17(3)36/h5-8,16-18,36H,9-15H2,1-4H3. The number of fused-ring (bicyclic) bond motifs is 2. The van der Waals surface area contributed by atoms with Crippen LogP contribution in [0.1, 0.15) is 38.5 Å². The molecule has 1 aromatic carbocycles. The van der Waals surface area contributed by atoms with Gasteiger partial charge in [-0.1, -0.05) is 26.0 Å². The number of nitrogens with zero attached hydrogens (tertiary/aromatic N) is 8. The number of carbonyl (C=O) groups excluding carboxylic acids is 1. The van der Waals surface area contributed by atoms with Gasteiger partial charge in [0.15, 0.2) is 17.0 Å². The average Bonchev–Trinajstić information content (AvgIpc) is 3.43. The Balaban J connectivity index is 1.44. The second kappa shape index (κ2) is 9.63. The minimum atomic E-state index is -0.800. The molecule has 5 heterocycles. The van der Waals surface area contributed by atoms with Crippen molar-refractivity contribution in [2.24, 2.45) is 18.9 Å². The van der Waals surface area contributed by atoms with Gasteiger partial charge in [-0.15, -0.1) is 0 Å². The number of aliphatic hydroxyl groups is 1.